The summed E-state index contributed by atoms with van der Waals surface area (Å²) < 4.78 is 10.9. The van der Waals surface area contributed by atoms with Crippen molar-refractivity contribution in [2.75, 3.05) is 57.9 Å². The van der Waals surface area contributed by atoms with Gasteiger partial charge in [0.05, 0.1) is 31.9 Å². The zero-order chi connectivity index (χ0) is 28.4. The third-order valence-electron chi connectivity index (χ3n) is 7.52. The number of para-hydroxylation sites is 1. The molecule has 1 atom stereocenters. The smallest absolute Gasteiger partial charge is 0.222 e. The van der Waals surface area contributed by atoms with Crippen LogP contribution in [0.4, 0.5) is 5.82 Å². The summed E-state index contributed by atoms with van der Waals surface area (Å²) in [6.07, 6.45) is 1.32. The van der Waals surface area contributed by atoms with E-state index in [-0.39, 0.29) is 11.9 Å². The predicted molar refractivity (Wildman–Crippen MR) is 163 cm³/mol. The Bertz CT molecular complexity index is 1410. The molecule has 1 aliphatic heterocycles. The maximum atomic E-state index is 13.1. The van der Waals surface area contributed by atoms with Crippen molar-refractivity contribution in [3.05, 3.63) is 84.4 Å². The lowest BCUT2D eigenvalue weighted by Crippen LogP contribution is -2.39. The summed E-state index contributed by atoms with van der Waals surface area (Å²) >= 11 is 0. The van der Waals surface area contributed by atoms with Crippen LogP contribution in [0.3, 0.4) is 0 Å². The molecular formula is C33H39N5O3. The van der Waals surface area contributed by atoms with Crippen LogP contribution < -0.4 is 15.0 Å². The highest BCUT2D eigenvalue weighted by Gasteiger charge is 2.19. The molecule has 8 heteroatoms. The second kappa shape index (κ2) is 14.1. The second-order valence-electron chi connectivity index (χ2n) is 10.4. The first kappa shape index (κ1) is 28.5. The van der Waals surface area contributed by atoms with E-state index in [0.717, 1.165) is 79.4 Å². The minimum absolute atomic E-state index is 0.0215. The van der Waals surface area contributed by atoms with Gasteiger partial charge in [-0.05, 0) is 55.3 Å². The topological polar surface area (TPSA) is 79.8 Å². The minimum Gasteiger partial charge on any atom is -0.497 e. The Labute approximate surface area is 242 Å². The van der Waals surface area contributed by atoms with Crippen LogP contribution in [-0.4, -0.2) is 73.8 Å². The van der Waals surface area contributed by atoms with Crippen molar-refractivity contribution in [1.82, 2.24) is 20.2 Å². The Kier molecular flexibility index (Phi) is 9.78. The first-order valence-electron chi connectivity index (χ1n) is 14.4. The molecule has 214 valence electrons. The van der Waals surface area contributed by atoms with Crippen molar-refractivity contribution >= 4 is 22.6 Å². The molecule has 5 rings (SSSR count). The number of rotatable bonds is 12. The summed E-state index contributed by atoms with van der Waals surface area (Å²) in [6, 6.07) is 25.9. The number of anilines is 1. The Morgan fingerprint density at radius 2 is 1.71 bits per heavy atom. The van der Waals surface area contributed by atoms with Crippen LogP contribution in [-0.2, 0) is 9.53 Å². The van der Waals surface area contributed by atoms with Crippen LogP contribution in [0.15, 0.2) is 78.9 Å². The fraction of sp³-hybridized carbons (Fsp3) is 0.364. The normalized spacial score (nSPS) is 14.5. The number of amides is 1. The number of hydrogen-bond donors (Lipinski definition) is 1. The first-order chi connectivity index (χ1) is 20.1. The summed E-state index contributed by atoms with van der Waals surface area (Å²) in [5, 5.41) is 4.14. The van der Waals surface area contributed by atoms with Gasteiger partial charge in [-0.1, -0.05) is 42.5 Å². The van der Waals surface area contributed by atoms with Gasteiger partial charge in [0.15, 0.2) is 5.82 Å². The fourth-order valence-electron chi connectivity index (χ4n) is 5.18. The molecule has 0 radical (unpaired) electrons. The van der Waals surface area contributed by atoms with Gasteiger partial charge < -0.3 is 19.7 Å². The van der Waals surface area contributed by atoms with Crippen LogP contribution in [0.25, 0.3) is 22.3 Å². The van der Waals surface area contributed by atoms with E-state index >= 15 is 0 Å². The maximum absolute atomic E-state index is 13.1. The number of carbonyl (C=O) groups excluding carboxylic acids is 1. The molecule has 3 aromatic carbocycles. The van der Waals surface area contributed by atoms with Crippen molar-refractivity contribution in [1.29, 1.82) is 0 Å². The van der Waals surface area contributed by atoms with Crippen LogP contribution in [0.1, 0.15) is 31.4 Å². The maximum Gasteiger partial charge on any atom is 0.222 e. The molecule has 0 saturated carbocycles. The molecule has 0 unspecified atom stereocenters. The number of ether oxygens (including phenoxy) is 2. The van der Waals surface area contributed by atoms with Crippen molar-refractivity contribution in [2.45, 2.75) is 25.8 Å². The monoisotopic (exact) mass is 553 g/mol. The summed E-state index contributed by atoms with van der Waals surface area (Å²) in [5.41, 5.74) is 2.89. The fourth-order valence-corrected chi connectivity index (χ4v) is 5.18. The number of aromatic nitrogens is 2. The molecule has 1 fully saturated rings. The Morgan fingerprint density at radius 3 is 2.46 bits per heavy atom. The molecule has 1 amide bonds. The van der Waals surface area contributed by atoms with E-state index in [2.05, 4.69) is 21.2 Å². The number of nitrogens with zero attached hydrogens (tertiary/aromatic N) is 4. The number of morpholine rings is 1. The Balaban J connectivity index is 1.38. The van der Waals surface area contributed by atoms with Crippen LogP contribution in [0.5, 0.6) is 5.75 Å². The van der Waals surface area contributed by atoms with E-state index in [1.807, 2.05) is 79.7 Å². The summed E-state index contributed by atoms with van der Waals surface area (Å²) in [7, 11) is 1.66. The molecule has 41 heavy (non-hydrogen) atoms. The molecule has 8 nitrogen and oxygen atoms in total. The molecule has 1 aromatic heterocycles. The van der Waals surface area contributed by atoms with Gasteiger partial charge in [-0.15, -0.1) is 0 Å². The van der Waals surface area contributed by atoms with Gasteiger partial charge in [0.2, 0.25) is 5.91 Å². The summed E-state index contributed by atoms with van der Waals surface area (Å²) in [6.45, 7) is 7.81. The van der Waals surface area contributed by atoms with E-state index in [1.54, 1.807) is 7.11 Å². The lowest BCUT2D eigenvalue weighted by atomic mass is 10.1. The van der Waals surface area contributed by atoms with Crippen molar-refractivity contribution in [3.8, 4) is 17.1 Å². The van der Waals surface area contributed by atoms with E-state index in [0.29, 0.717) is 18.8 Å². The predicted octanol–water partition coefficient (Wildman–Crippen LogP) is 5.10. The lowest BCUT2D eigenvalue weighted by molar-refractivity contribution is -0.121. The SMILES string of the molecule is COc1ccc(-c2nc(N(CCCN3CCOCC3)CCC(=O)N[C@@H](C)c3ccccc3)c3ccccc3n2)cc1. The third kappa shape index (κ3) is 7.60. The van der Waals surface area contributed by atoms with Crippen LogP contribution in [0.2, 0.25) is 0 Å². The lowest BCUT2D eigenvalue weighted by Gasteiger charge is -2.29. The third-order valence-corrected chi connectivity index (χ3v) is 7.52. The van der Waals surface area contributed by atoms with Crippen molar-refractivity contribution < 1.29 is 14.3 Å². The van der Waals surface area contributed by atoms with Crippen molar-refractivity contribution in [3.63, 3.8) is 0 Å². The number of nitrogens with one attached hydrogen (secondary N) is 1. The standard InChI is InChI=1S/C33H39N5O3/c1-25(26-9-4-3-5-10-26)34-31(39)17-20-38(19-8-18-37-21-23-41-24-22-37)33-29-11-6-7-12-30(29)35-32(36-33)27-13-15-28(40-2)16-14-27/h3-7,9-16,25H,8,17-24H2,1-2H3,(H,34,39)/t25-/m0/s1. The van der Waals surface area contributed by atoms with Gasteiger partial charge in [0, 0.05) is 50.1 Å². The van der Waals surface area contributed by atoms with E-state index in [1.165, 1.54) is 0 Å². The van der Waals surface area contributed by atoms with Gasteiger partial charge in [0.25, 0.3) is 0 Å². The zero-order valence-electron chi connectivity index (χ0n) is 24.0. The van der Waals surface area contributed by atoms with Gasteiger partial charge in [-0.2, -0.15) is 0 Å². The van der Waals surface area contributed by atoms with E-state index < -0.39 is 0 Å². The second-order valence-corrected chi connectivity index (χ2v) is 10.4. The number of benzene rings is 3. The summed E-state index contributed by atoms with van der Waals surface area (Å²) in [5.74, 6) is 2.32. The quantitative estimate of drug-likeness (QED) is 0.261. The van der Waals surface area contributed by atoms with Crippen LogP contribution >= 0.6 is 0 Å². The largest absolute Gasteiger partial charge is 0.497 e. The number of hydrogen-bond acceptors (Lipinski definition) is 7. The average molecular weight is 554 g/mol. The van der Waals surface area contributed by atoms with Crippen molar-refractivity contribution in [2.24, 2.45) is 0 Å². The van der Waals surface area contributed by atoms with E-state index in [4.69, 9.17) is 19.4 Å². The van der Waals surface area contributed by atoms with Crippen LogP contribution in [0, 0.1) is 0 Å². The molecule has 1 N–H and O–H groups in total. The Hall–Kier alpha value is -4.01. The molecule has 2 heterocycles. The van der Waals surface area contributed by atoms with Gasteiger partial charge in [0.1, 0.15) is 11.6 Å². The number of fused-ring (bicyclic) bond motifs is 1. The van der Waals surface area contributed by atoms with Gasteiger partial charge in [-0.3, -0.25) is 9.69 Å². The van der Waals surface area contributed by atoms with E-state index in [9.17, 15) is 4.79 Å². The highest BCUT2D eigenvalue weighted by atomic mass is 16.5. The highest BCUT2D eigenvalue weighted by Crippen LogP contribution is 2.29. The highest BCUT2D eigenvalue weighted by molar-refractivity contribution is 5.91. The Morgan fingerprint density at radius 1 is 0.976 bits per heavy atom. The number of carbonyl (C=O) groups is 1. The minimum atomic E-state index is -0.0555. The number of methoxy groups -OCH3 is 1. The first-order valence-corrected chi connectivity index (χ1v) is 14.4. The molecule has 0 spiro atoms. The average Bonchev–Trinajstić information content (AvgIpc) is 3.03. The molecule has 0 aliphatic carbocycles. The molecule has 4 aromatic rings. The summed E-state index contributed by atoms with van der Waals surface area (Å²) in [4.78, 5) is 27.8. The van der Waals surface area contributed by atoms with Gasteiger partial charge >= 0.3 is 0 Å². The molecule has 0 bridgehead atoms. The molecule has 1 aliphatic rings. The molecular weight excluding hydrogens is 514 g/mol. The zero-order valence-corrected chi connectivity index (χ0v) is 24.0. The van der Waals surface area contributed by atoms with Gasteiger partial charge in [-0.25, -0.2) is 9.97 Å². The molecule has 1 saturated heterocycles.